The number of benzene rings is 2. The summed E-state index contributed by atoms with van der Waals surface area (Å²) in [6.45, 7) is 4.04. The molecule has 0 atom stereocenters. The van der Waals surface area contributed by atoms with Crippen molar-refractivity contribution in [2.75, 3.05) is 19.8 Å². The highest BCUT2D eigenvalue weighted by Gasteiger charge is 2.10. The van der Waals surface area contributed by atoms with E-state index in [0.29, 0.717) is 43.5 Å². The molecule has 3 rings (SSSR count). The molecule has 0 bridgehead atoms. The van der Waals surface area contributed by atoms with E-state index in [1.807, 2.05) is 37.3 Å². The molecule has 0 aliphatic rings. The number of carbonyl (C=O) groups excluding carboxylic acids is 1. The number of aryl methyl sites for hydroxylation is 1. The van der Waals surface area contributed by atoms with Gasteiger partial charge in [-0.1, -0.05) is 30.3 Å². The van der Waals surface area contributed by atoms with Crippen molar-refractivity contribution in [1.29, 1.82) is 0 Å². The quantitative estimate of drug-likeness (QED) is 0.460. The van der Waals surface area contributed by atoms with Gasteiger partial charge in [0.2, 0.25) is 5.91 Å². The summed E-state index contributed by atoms with van der Waals surface area (Å²) in [5.74, 6) is 0.925. The number of nitrogens with zero attached hydrogens (tertiary/aromatic N) is 2. The van der Waals surface area contributed by atoms with E-state index in [1.54, 1.807) is 24.3 Å². The lowest BCUT2D eigenvalue weighted by molar-refractivity contribution is -0.121. The topological polar surface area (TPSA) is 106 Å². The Hall–Kier alpha value is -3.52. The second-order valence-corrected chi connectivity index (χ2v) is 6.78. The summed E-state index contributed by atoms with van der Waals surface area (Å²) in [5.41, 5.74) is 1.62. The van der Waals surface area contributed by atoms with Crippen molar-refractivity contribution < 1.29 is 14.3 Å². The van der Waals surface area contributed by atoms with E-state index in [9.17, 15) is 9.59 Å². The summed E-state index contributed by atoms with van der Waals surface area (Å²) in [6.07, 6.45) is 0.383. The van der Waals surface area contributed by atoms with Gasteiger partial charge in [0, 0.05) is 31.6 Å². The number of H-pyrrole nitrogens is 1. The van der Waals surface area contributed by atoms with Crippen molar-refractivity contribution in [3.05, 3.63) is 76.2 Å². The van der Waals surface area contributed by atoms with Crippen LogP contribution in [0.4, 0.5) is 0 Å². The summed E-state index contributed by atoms with van der Waals surface area (Å²) in [7, 11) is 0. The van der Waals surface area contributed by atoms with Gasteiger partial charge < -0.3 is 19.8 Å². The van der Waals surface area contributed by atoms with Crippen LogP contribution >= 0.6 is 0 Å². The highest BCUT2D eigenvalue weighted by Crippen LogP contribution is 2.18. The van der Waals surface area contributed by atoms with E-state index in [0.717, 1.165) is 5.56 Å². The number of nitrogens with one attached hydrogen (secondary N) is 2. The minimum absolute atomic E-state index is 0.144. The van der Waals surface area contributed by atoms with E-state index in [2.05, 4.69) is 20.5 Å². The van der Waals surface area contributed by atoms with Gasteiger partial charge in [-0.3, -0.25) is 9.59 Å². The SMILES string of the molecule is CCOCCOc1ccc(-c2nnc(CCC(=O)NCc3ccccc3)c(=O)[nH]2)cc1. The molecule has 1 amide bonds. The van der Waals surface area contributed by atoms with Gasteiger partial charge in [0.1, 0.15) is 18.1 Å². The molecular weight excluding hydrogens is 396 g/mol. The standard InChI is InChI=1S/C23H26N4O4/c1-2-30-14-15-31-19-10-8-18(9-11-19)22-25-23(29)20(26-27-22)12-13-21(28)24-16-17-6-4-3-5-7-17/h3-11H,2,12-16H2,1H3,(H,24,28)(H,25,27,29). The third-order valence-electron chi connectivity index (χ3n) is 4.51. The Balaban J connectivity index is 1.51. The first kappa shape index (κ1) is 22.2. The number of aromatic amines is 1. The molecule has 0 fully saturated rings. The maximum Gasteiger partial charge on any atom is 0.273 e. The number of hydrogen-bond acceptors (Lipinski definition) is 6. The van der Waals surface area contributed by atoms with E-state index >= 15 is 0 Å². The monoisotopic (exact) mass is 422 g/mol. The van der Waals surface area contributed by atoms with Gasteiger partial charge in [0.05, 0.1) is 6.61 Å². The van der Waals surface area contributed by atoms with Gasteiger partial charge in [-0.2, -0.15) is 0 Å². The summed E-state index contributed by atoms with van der Waals surface area (Å²) >= 11 is 0. The van der Waals surface area contributed by atoms with Crippen LogP contribution in [0.2, 0.25) is 0 Å². The molecular formula is C23H26N4O4. The van der Waals surface area contributed by atoms with Crippen molar-refractivity contribution >= 4 is 5.91 Å². The van der Waals surface area contributed by atoms with Crippen LogP contribution in [0.25, 0.3) is 11.4 Å². The third kappa shape index (κ3) is 7.04. The van der Waals surface area contributed by atoms with Crippen LogP contribution in [-0.2, 0) is 22.5 Å². The Morgan fingerprint density at radius 2 is 1.81 bits per heavy atom. The van der Waals surface area contributed by atoms with E-state index < -0.39 is 0 Å². The number of aromatic nitrogens is 3. The van der Waals surface area contributed by atoms with Gasteiger partial charge >= 0.3 is 0 Å². The zero-order valence-electron chi connectivity index (χ0n) is 17.5. The van der Waals surface area contributed by atoms with Crippen LogP contribution < -0.4 is 15.6 Å². The molecule has 31 heavy (non-hydrogen) atoms. The molecule has 8 nitrogen and oxygen atoms in total. The molecule has 8 heteroatoms. The van der Waals surface area contributed by atoms with E-state index in [1.165, 1.54) is 0 Å². The van der Waals surface area contributed by atoms with Gasteiger partial charge in [0.15, 0.2) is 5.82 Å². The summed E-state index contributed by atoms with van der Waals surface area (Å²) in [4.78, 5) is 27.1. The van der Waals surface area contributed by atoms with Crippen molar-refractivity contribution in [3.8, 4) is 17.1 Å². The molecule has 1 aromatic heterocycles. The molecule has 2 N–H and O–H groups in total. The Labute approximate surface area is 180 Å². The number of rotatable bonds is 11. The Morgan fingerprint density at radius 3 is 2.52 bits per heavy atom. The Kier molecular flexibility index (Phi) is 8.30. The van der Waals surface area contributed by atoms with Crippen LogP contribution in [0.3, 0.4) is 0 Å². The van der Waals surface area contributed by atoms with Gasteiger partial charge in [-0.25, -0.2) is 0 Å². The highest BCUT2D eigenvalue weighted by molar-refractivity contribution is 5.76. The van der Waals surface area contributed by atoms with Crippen molar-refractivity contribution in [2.24, 2.45) is 0 Å². The maximum absolute atomic E-state index is 12.3. The zero-order valence-corrected chi connectivity index (χ0v) is 17.5. The fourth-order valence-corrected chi connectivity index (χ4v) is 2.84. The summed E-state index contributed by atoms with van der Waals surface area (Å²) in [6, 6.07) is 16.8. The first-order valence-corrected chi connectivity index (χ1v) is 10.2. The number of ether oxygens (including phenoxy) is 2. The molecule has 3 aromatic rings. The number of amides is 1. The first-order chi connectivity index (χ1) is 15.2. The molecule has 0 saturated heterocycles. The Bertz CT molecular complexity index is 1020. The lowest BCUT2D eigenvalue weighted by atomic mass is 10.2. The normalized spacial score (nSPS) is 10.6. The molecule has 0 aliphatic carbocycles. The second kappa shape index (κ2) is 11.6. The zero-order chi connectivity index (χ0) is 21.9. The molecule has 162 valence electrons. The van der Waals surface area contributed by atoms with Gasteiger partial charge in [-0.15, -0.1) is 10.2 Å². The van der Waals surface area contributed by atoms with Crippen LogP contribution in [0, 0.1) is 0 Å². The van der Waals surface area contributed by atoms with Crippen LogP contribution in [0.15, 0.2) is 59.4 Å². The molecule has 1 heterocycles. The Morgan fingerprint density at radius 1 is 1.03 bits per heavy atom. The minimum Gasteiger partial charge on any atom is -0.491 e. The van der Waals surface area contributed by atoms with Crippen LogP contribution in [0.1, 0.15) is 24.6 Å². The predicted molar refractivity (Wildman–Crippen MR) is 117 cm³/mol. The summed E-state index contributed by atoms with van der Waals surface area (Å²) < 4.78 is 10.8. The minimum atomic E-state index is -0.349. The summed E-state index contributed by atoms with van der Waals surface area (Å²) in [5, 5.41) is 10.9. The van der Waals surface area contributed by atoms with E-state index in [-0.39, 0.29) is 30.0 Å². The second-order valence-electron chi connectivity index (χ2n) is 6.78. The fraction of sp³-hybridized carbons (Fsp3) is 0.304. The lowest BCUT2D eigenvalue weighted by Gasteiger charge is -2.07. The average molecular weight is 422 g/mol. The molecule has 0 saturated carbocycles. The molecule has 0 radical (unpaired) electrons. The molecule has 2 aromatic carbocycles. The fourth-order valence-electron chi connectivity index (χ4n) is 2.84. The largest absolute Gasteiger partial charge is 0.491 e. The first-order valence-electron chi connectivity index (χ1n) is 10.2. The van der Waals surface area contributed by atoms with Crippen molar-refractivity contribution in [2.45, 2.75) is 26.3 Å². The molecule has 0 unspecified atom stereocenters. The molecule has 0 spiro atoms. The molecule has 0 aliphatic heterocycles. The lowest BCUT2D eigenvalue weighted by Crippen LogP contribution is -2.25. The van der Waals surface area contributed by atoms with Crippen LogP contribution in [0.5, 0.6) is 5.75 Å². The van der Waals surface area contributed by atoms with Gasteiger partial charge in [-0.05, 0) is 36.8 Å². The smallest absolute Gasteiger partial charge is 0.273 e. The highest BCUT2D eigenvalue weighted by atomic mass is 16.5. The van der Waals surface area contributed by atoms with Crippen molar-refractivity contribution in [3.63, 3.8) is 0 Å². The van der Waals surface area contributed by atoms with Crippen molar-refractivity contribution in [1.82, 2.24) is 20.5 Å². The maximum atomic E-state index is 12.3. The third-order valence-corrected chi connectivity index (χ3v) is 4.51. The average Bonchev–Trinajstić information content (AvgIpc) is 2.81. The number of hydrogen-bond donors (Lipinski definition) is 2. The van der Waals surface area contributed by atoms with Gasteiger partial charge in [0.25, 0.3) is 5.56 Å². The predicted octanol–water partition coefficient (Wildman–Crippen LogP) is 2.50. The van der Waals surface area contributed by atoms with E-state index in [4.69, 9.17) is 9.47 Å². The van der Waals surface area contributed by atoms with Crippen LogP contribution in [-0.4, -0.2) is 40.9 Å². The number of carbonyl (C=O) groups is 1.